The van der Waals surface area contributed by atoms with Gasteiger partial charge in [-0.05, 0) is 64.0 Å². The van der Waals surface area contributed by atoms with Crippen LogP contribution in [-0.2, 0) is 4.74 Å². The Hall–Kier alpha value is -2.04. The van der Waals surface area contributed by atoms with E-state index in [0.29, 0.717) is 11.2 Å². The highest BCUT2D eigenvalue weighted by molar-refractivity contribution is 5.64. The van der Waals surface area contributed by atoms with Gasteiger partial charge in [0.15, 0.2) is 5.75 Å². The second-order valence-corrected chi connectivity index (χ2v) is 7.52. The van der Waals surface area contributed by atoms with Gasteiger partial charge in [0, 0.05) is 6.07 Å². The lowest BCUT2D eigenvalue weighted by atomic mass is 9.79. The van der Waals surface area contributed by atoms with Gasteiger partial charge in [-0.25, -0.2) is 4.79 Å². The third-order valence-corrected chi connectivity index (χ3v) is 4.19. The van der Waals surface area contributed by atoms with Gasteiger partial charge in [0.25, 0.3) is 0 Å². The maximum absolute atomic E-state index is 12.0. The minimum absolute atomic E-state index is 0.0836. The molecule has 1 spiro atoms. The second kappa shape index (κ2) is 5.55. The summed E-state index contributed by atoms with van der Waals surface area (Å²) in [5.41, 5.74) is -0.528. The van der Waals surface area contributed by atoms with Crippen LogP contribution in [-0.4, -0.2) is 17.9 Å². The lowest BCUT2D eigenvalue weighted by Gasteiger charge is -2.35. The lowest BCUT2D eigenvalue weighted by Crippen LogP contribution is -2.34. The molecule has 124 valence electrons. The van der Waals surface area contributed by atoms with Gasteiger partial charge >= 0.3 is 6.16 Å². The Kier molecular flexibility index (Phi) is 3.82. The lowest BCUT2D eigenvalue weighted by molar-refractivity contribution is 0.0203. The monoisotopic (exact) mass is 318 g/mol. The van der Waals surface area contributed by atoms with Crippen LogP contribution >= 0.6 is 0 Å². The minimum Gasteiger partial charge on any atom is -0.490 e. The standard InChI is InChI=1S/C18H22O5/c1-17(2,3)23-16(20)22-15-9-12(5-4-6-14(15)19)21-13-10-18(11-13)7-8-18/h4-6,9,13H,7-8,10-11H2,1-3H3. The predicted molar refractivity (Wildman–Crippen MR) is 84.9 cm³/mol. The average molecular weight is 318 g/mol. The molecule has 0 radical (unpaired) electrons. The van der Waals surface area contributed by atoms with Crippen molar-refractivity contribution in [2.45, 2.75) is 58.2 Å². The Bertz CT molecular complexity index is 662. The number of carbonyl (C=O) groups excluding carboxylic acids is 1. The molecule has 5 heteroatoms. The Morgan fingerprint density at radius 2 is 1.91 bits per heavy atom. The van der Waals surface area contributed by atoms with Crippen LogP contribution in [0.3, 0.4) is 0 Å². The van der Waals surface area contributed by atoms with Gasteiger partial charge in [0.2, 0.25) is 5.43 Å². The molecule has 0 saturated heterocycles. The molecule has 0 amide bonds. The summed E-state index contributed by atoms with van der Waals surface area (Å²) in [5, 5.41) is 0. The van der Waals surface area contributed by atoms with Crippen LogP contribution in [0.1, 0.15) is 46.5 Å². The molecule has 2 fully saturated rings. The molecule has 0 unspecified atom stereocenters. The van der Waals surface area contributed by atoms with Gasteiger partial charge in [-0.3, -0.25) is 4.79 Å². The summed E-state index contributed by atoms with van der Waals surface area (Å²) in [6.07, 6.45) is 4.02. The largest absolute Gasteiger partial charge is 0.514 e. The molecule has 2 aliphatic carbocycles. The molecular formula is C18H22O5. The van der Waals surface area contributed by atoms with Crippen molar-refractivity contribution in [2.24, 2.45) is 5.41 Å². The summed E-state index contributed by atoms with van der Waals surface area (Å²) in [6.45, 7) is 5.20. The molecule has 0 atom stereocenters. The molecule has 0 aromatic heterocycles. The zero-order chi connectivity index (χ0) is 16.7. The quantitative estimate of drug-likeness (QED) is 0.796. The van der Waals surface area contributed by atoms with Gasteiger partial charge in [-0.2, -0.15) is 0 Å². The van der Waals surface area contributed by atoms with E-state index in [0.717, 1.165) is 12.8 Å². The minimum atomic E-state index is -0.896. The maximum Gasteiger partial charge on any atom is 0.514 e. The summed E-state index contributed by atoms with van der Waals surface area (Å²) in [7, 11) is 0. The Morgan fingerprint density at radius 1 is 1.22 bits per heavy atom. The molecule has 2 aliphatic rings. The zero-order valence-electron chi connectivity index (χ0n) is 13.8. The van der Waals surface area contributed by atoms with E-state index in [4.69, 9.17) is 14.2 Å². The van der Waals surface area contributed by atoms with Crippen LogP contribution in [0.5, 0.6) is 11.5 Å². The van der Waals surface area contributed by atoms with Crippen LogP contribution in [0, 0.1) is 5.41 Å². The first-order valence-electron chi connectivity index (χ1n) is 7.97. The molecule has 0 bridgehead atoms. The van der Waals surface area contributed by atoms with Gasteiger partial charge < -0.3 is 14.2 Å². The van der Waals surface area contributed by atoms with Crippen molar-refractivity contribution in [3.63, 3.8) is 0 Å². The van der Waals surface area contributed by atoms with E-state index in [1.165, 1.54) is 25.0 Å². The van der Waals surface area contributed by atoms with Gasteiger partial charge in [-0.1, -0.05) is 6.07 Å². The van der Waals surface area contributed by atoms with E-state index >= 15 is 0 Å². The average Bonchev–Trinajstić information content (AvgIpc) is 3.15. The molecular weight excluding hydrogens is 296 g/mol. The number of hydrogen-bond acceptors (Lipinski definition) is 5. The number of hydrogen-bond donors (Lipinski definition) is 0. The number of rotatable bonds is 3. The first-order chi connectivity index (χ1) is 10.7. The first-order valence-corrected chi connectivity index (χ1v) is 7.97. The zero-order valence-corrected chi connectivity index (χ0v) is 13.8. The van der Waals surface area contributed by atoms with E-state index in [1.54, 1.807) is 32.9 Å². The summed E-state index contributed by atoms with van der Waals surface area (Å²) in [4.78, 5) is 23.7. The Balaban J connectivity index is 1.69. The summed E-state index contributed by atoms with van der Waals surface area (Å²) < 4.78 is 16.0. The van der Waals surface area contributed by atoms with E-state index in [9.17, 15) is 9.59 Å². The van der Waals surface area contributed by atoms with Crippen LogP contribution in [0.2, 0.25) is 0 Å². The fourth-order valence-electron chi connectivity index (χ4n) is 2.84. The van der Waals surface area contributed by atoms with E-state index in [-0.39, 0.29) is 11.9 Å². The number of carbonyl (C=O) groups is 1. The fourth-order valence-corrected chi connectivity index (χ4v) is 2.84. The smallest absolute Gasteiger partial charge is 0.490 e. The van der Waals surface area contributed by atoms with Crippen molar-refractivity contribution >= 4 is 6.16 Å². The molecule has 5 nitrogen and oxygen atoms in total. The number of ether oxygens (including phenoxy) is 3. The Morgan fingerprint density at radius 3 is 2.52 bits per heavy atom. The van der Waals surface area contributed by atoms with Gasteiger partial charge in [0.05, 0.1) is 6.10 Å². The van der Waals surface area contributed by atoms with Crippen molar-refractivity contribution in [1.29, 1.82) is 0 Å². The third-order valence-electron chi connectivity index (χ3n) is 4.19. The van der Waals surface area contributed by atoms with E-state index in [2.05, 4.69) is 0 Å². The highest BCUT2D eigenvalue weighted by Crippen LogP contribution is 2.61. The molecule has 0 heterocycles. The predicted octanol–water partition coefficient (Wildman–Crippen LogP) is 3.68. The van der Waals surface area contributed by atoms with E-state index < -0.39 is 17.2 Å². The highest BCUT2D eigenvalue weighted by atomic mass is 16.7. The highest BCUT2D eigenvalue weighted by Gasteiger charge is 2.54. The van der Waals surface area contributed by atoms with Crippen LogP contribution in [0.15, 0.2) is 29.1 Å². The third kappa shape index (κ3) is 4.03. The van der Waals surface area contributed by atoms with Gasteiger partial charge in [0.1, 0.15) is 11.4 Å². The van der Waals surface area contributed by atoms with Crippen LogP contribution in [0.4, 0.5) is 4.79 Å². The van der Waals surface area contributed by atoms with E-state index in [1.807, 2.05) is 0 Å². The maximum atomic E-state index is 12.0. The van der Waals surface area contributed by atoms with Crippen molar-refractivity contribution < 1.29 is 19.0 Å². The van der Waals surface area contributed by atoms with Crippen molar-refractivity contribution in [3.8, 4) is 11.5 Å². The topological polar surface area (TPSA) is 61.8 Å². The van der Waals surface area contributed by atoms with Crippen LogP contribution in [0.25, 0.3) is 0 Å². The van der Waals surface area contributed by atoms with Crippen molar-refractivity contribution in [2.75, 3.05) is 0 Å². The molecule has 23 heavy (non-hydrogen) atoms. The van der Waals surface area contributed by atoms with Gasteiger partial charge in [-0.15, -0.1) is 0 Å². The SMILES string of the molecule is CC(C)(C)OC(=O)Oc1cc(OC2CC3(CC3)C2)cccc1=O. The first kappa shape index (κ1) is 15.8. The van der Waals surface area contributed by atoms with Crippen LogP contribution < -0.4 is 14.9 Å². The molecule has 1 aromatic rings. The normalized spacial score (nSPS) is 18.9. The van der Waals surface area contributed by atoms with Crippen molar-refractivity contribution in [1.82, 2.24) is 0 Å². The van der Waals surface area contributed by atoms with Crippen molar-refractivity contribution in [3.05, 3.63) is 34.5 Å². The molecule has 0 N–H and O–H groups in total. The molecule has 0 aliphatic heterocycles. The Labute approximate surface area is 135 Å². The summed E-state index contributed by atoms with van der Waals surface area (Å²) in [5.74, 6) is 0.450. The summed E-state index contributed by atoms with van der Waals surface area (Å²) in [6, 6.07) is 6.12. The molecule has 3 rings (SSSR count). The molecule has 2 saturated carbocycles. The molecule has 1 aromatic carbocycles. The second-order valence-electron chi connectivity index (χ2n) is 7.52. The summed E-state index contributed by atoms with van der Waals surface area (Å²) >= 11 is 0. The fraction of sp³-hybridized carbons (Fsp3) is 0.556.